The van der Waals surface area contributed by atoms with E-state index in [0.717, 1.165) is 5.56 Å². The van der Waals surface area contributed by atoms with Gasteiger partial charge < -0.3 is 10.7 Å². The Morgan fingerprint density at radius 2 is 2.16 bits per heavy atom. The number of anilines is 1. The predicted molar refractivity (Wildman–Crippen MR) is 72.8 cm³/mol. The molecular formula is C12H16N4O2S. The van der Waals surface area contributed by atoms with E-state index >= 15 is 0 Å². The first-order valence-electron chi connectivity index (χ1n) is 5.72. The molecule has 0 unspecified atom stereocenters. The summed E-state index contributed by atoms with van der Waals surface area (Å²) in [6.45, 7) is 1.97. The summed E-state index contributed by atoms with van der Waals surface area (Å²) >= 11 is 0. The molecule has 0 fully saturated rings. The number of aryl methyl sites for hydroxylation is 1. The van der Waals surface area contributed by atoms with Gasteiger partial charge in [0, 0.05) is 25.1 Å². The largest absolute Gasteiger partial charge is 0.399 e. The maximum absolute atomic E-state index is 12.4. The molecule has 6 nitrogen and oxygen atoms in total. The summed E-state index contributed by atoms with van der Waals surface area (Å²) in [6.07, 6.45) is 3.24. The molecule has 0 aliphatic carbocycles. The highest BCUT2D eigenvalue weighted by molar-refractivity contribution is 7.89. The fourth-order valence-electron chi connectivity index (χ4n) is 1.67. The highest BCUT2D eigenvalue weighted by Crippen LogP contribution is 2.20. The Kier molecular flexibility index (Phi) is 3.59. The zero-order chi connectivity index (χ0) is 14.0. The van der Waals surface area contributed by atoms with Crippen molar-refractivity contribution in [2.24, 2.45) is 0 Å². The highest BCUT2D eigenvalue weighted by Gasteiger charge is 2.21. The van der Waals surface area contributed by atoms with Crippen molar-refractivity contribution in [2.75, 3.05) is 12.8 Å². The van der Waals surface area contributed by atoms with Gasteiger partial charge in [0.05, 0.1) is 11.4 Å². The number of nitrogen functional groups attached to an aromatic ring is 1. The van der Waals surface area contributed by atoms with E-state index < -0.39 is 10.0 Å². The number of rotatable bonds is 4. The van der Waals surface area contributed by atoms with Crippen LogP contribution in [0.5, 0.6) is 0 Å². The summed E-state index contributed by atoms with van der Waals surface area (Å²) in [6, 6.07) is 4.68. The van der Waals surface area contributed by atoms with E-state index in [2.05, 4.69) is 9.97 Å². The fraction of sp³-hybridized carbons (Fsp3) is 0.250. The van der Waals surface area contributed by atoms with E-state index in [0.29, 0.717) is 11.5 Å². The number of imidazole rings is 1. The van der Waals surface area contributed by atoms with Crippen LogP contribution in [0.1, 0.15) is 11.4 Å². The Balaban J connectivity index is 2.28. The Labute approximate surface area is 112 Å². The third kappa shape index (κ3) is 2.77. The van der Waals surface area contributed by atoms with E-state index in [-0.39, 0.29) is 11.4 Å². The Morgan fingerprint density at radius 1 is 1.42 bits per heavy atom. The number of aromatic nitrogens is 2. The fourth-order valence-corrected chi connectivity index (χ4v) is 2.89. The van der Waals surface area contributed by atoms with Crippen molar-refractivity contribution in [3.8, 4) is 0 Å². The van der Waals surface area contributed by atoms with E-state index in [1.807, 2.05) is 0 Å². The average Bonchev–Trinajstić information content (AvgIpc) is 2.85. The van der Waals surface area contributed by atoms with Crippen LogP contribution < -0.4 is 5.73 Å². The van der Waals surface area contributed by atoms with Crippen molar-refractivity contribution in [3.05, 3.63) is 42.0 Å². The van der Waals surface area contributed by atoms with Crippen molar-refractivity contribution in [1.29, 1.82) is 0 Å². The van der Waals surface area contributed by atoms with E-state index in [9.17, 15) is 8.42 Å². The number of nitrogens with one attached hydrogen (secondary N) is 1. The zero-order valence-corrected chi connectivity index (χ0v) is 11.6. The monoisotopic (exact) mass is 280 g/mol. The van der Waals surface area contributed by atoms with Gasteiger partial charge in [-0.25, -0.2) is 13.4 Å². The first-order chi connectivity index (χ1) is 8.91. The number of aromatic amines is 1. The third-order valence-corrected chi connectivity index (χ3v) is 4.68. The van der Waals surface area contributed by atoms with Crippen molar-refractivity contribution in [2.45, 2.75) is 18.4 Å². The molecule has 19 heavy (non-hydrogen) atoms. The summed E-state index contributed by atoms with van der Waals surface area (Å²) in [4.78, 5) is 7.12. The highest BCUT2D eigenvalue weighted by atomic mass is 32.2. The summed E-state index contributed by atoms with van der Waals surface area (Å²) < 4.78 is 26.0. The maximum atomic E-state index is 12.4. The molecule has 0 spiro atoms. The standard InChI is InChI=1S/C12H16N4O2S/c1-9-7-10(3-4-11(9)13)19(17,18)16(2)8-12-14-5-6-15-12/h3-7H,8,13H2,1-2H3,(H,14,15). The van der Waals surface area contributed by atoms with Gasteiger partial charge in [0.1, 0.15) is 5.82 Å². The summed E-state index contributed by atoms with van der Waals surface area (Å²) in [5, 5.41) is 0. The lowest BCUT2D eigenvalue weighted by molar-refractivity contribution is 0.458. The number of nitrogens with zero attached hydrogens (tertiary/aromatic N) is 2. The van der Waals surface area contributed by atoms with Crippen LogP contribution in [-0.4, -0.2) is 29.7 Å². The molecule has 7 heteroatoms. The van der Waals surface area contributed by atoms with Crippen molar-refractivity contribution in [1.82, 2.24) is 14.3 Å². The topological polar surface area (TPSA) is 92.1 Å². The quantitative estimate of drug-likeness (QED) is 0.821. The van der Waals surface area contributed by atoms with E-state index in [4.69, 9.17) is 5.73 Å². The van der Waals surface area contributed by atoms with E-state index in [1.54, 1.807) is 31.5 Å². The normalized spacial score (nSPS) is 11.9. The molecule has 1 heterocycles. The number of benzene rings is 1. The minimum Gasteiger partial charge on any atom is -0.399 e. The van der Waals surface area contributed by atoms with Crippen LogP contribution in [0.25, 0.3) is 0 Å². The molecule has 0 bridgehead atoms. The second-order valence-electron chi connectivity index (χ2n) is 4.32. The lowest BCUT2D eigenvalue weighted by Gasteiger charge is -2.16. The summed E-state index contributed by atoms with van der Waals surface area (Å²) in [5.41, 5.74) is 7.01. The van der Waals surface area contributed by atoms with Gasteiger partial charge in [-0.1, -0.05) is 0 Å². The van der Waals surface area contributed by atoms with Gasteiger partial charge in [-0.3, -0.25) is 0 Å². The van der Waals surface area contributed by atoms with Gasteiger partial charge >= 0.3 is 0 Å². The van der Waals surface area contributed by atoms with Crippen LogP contribution in [0.4, 0.5) is 5.69 Å². The smallest absolute Gasteiger partial charge is 0.243 e. The number of hydrogen-bond donors (Lipinski definition) is 2. The Hall–Kier alpha value is -1.86. The first kappa shape index (κ1) is 13.6. The minimum atomic E-state index is -3.54. The zero-order valence-electron chi connectivity index (χ0n) is 10.8. The van der Waals surface area contributed by atoms with Gasteiger partial charge in [0.15, 0.2) is 0 Å². The lowest BCUT2D eigenvalue weighted by Crippen LogP contribution is -2.27. The molecule has 0 aliphatic rings. The predicted octanol–water partition coefficient (Wildman–Crippen LogP) is 1.12. The van der Waals surface area contributed by atoms with Gasteiger partial charge in [-0.2, -0.15) is 4.31 Å². The molecule has 0 saturated heterocycles. The van der Waals surface area contributed by atoms with Crippen LogP contribution >= 0.6 is 0 Å². The molecule has 0 amide bonds. The molecule has 1 aromatic heterocycles. The van der Waals surface area contributed by atoms with Gasteiger partial charge in [-0.15, -0.1) is 0 Å². The first-order valence-corrected chi connectivity index (χ1v) is 7.16. The van der Waals surface area contributed by atoms with E-state index in [1.165, 1.54) is 17.4 Å². The van der Waals surface area contributed by atoms with Crippen molar-refractivity contribution in [3.63, 3.8) is 0 Å². The lowest BCUT2D eigenvalue weighted by atomic mass is 10.2. The average molecular weight is 280 g/mol. The number of H-pyrrole nitrogens is 1. The summed E-state index contributed by atoms with van der Waals surface area (Å²) in [7, 11) is -2.02. The minimum absolute atomic E-state index is 0.193. The third-order valence-electron chi connectivity index (χ3n) is 2.88. The molecule has 0 aliphatic heterocycles. The molecule has 1 aromatic carbocycles. The molecule has 2 aromatic rings. The second kappa shape index (κ2) is 5.02. The Morgan fingerprint density at radius 3 is 2.74 bits per heavy atom. The Bertz CT molecular complexity index is 665. The number of hydrogen-bond acceptors (Lipinski definition) is 4. The van der Waals surface area contributed by atoms with Gasteiger partial charge in [-0.05, 0) is 30.7 Å². The van der Waals surface area contributed by atoms with Crippen LogP contribution in [-0.2, 0) is 16.6 Å². The number of sulfonamides is 1. The second-order valence-corrected chi connectivity index (χ2v) is 6.36. The molecule has 3 N–H and O–H groups in total. The molecule has 0 atom stereocenters. The summed E-state index contributed by atoms with van der Waals surface area (Å²) in [5.74, 6) is 0.596. The van der Waals surface area contributed by atoms with Crippen LogP contribution in [0.15, 0.2) is 35.5 Å². The number of nitrogens with two attached hydrogens (primary N) is 1. The molecular weight excluding hydrogens is 264 g/mol. The SMILES string of the molecule is Cc1cc(S(=O)(=O)N(C)Cc2ncc[nH]2)ccc1N. The molecule has 102 valence electrons. The van der Waals surface area contributed by atoms with Crippen LogP contribution in [0, 0.1) is 6.92 Å². The molecule has 0 radical (unpaired) electrons. The van der Waals surface area contributed by atoms with Gasteiger partial charge in [0.2, 0.25) is 10.0 Å². The molecule has 0 saturated carbocycles. The molecule has 2 rings (SSSR count). The maximum Gasteiger partial charge on any atom is 0.243 e. The van der Waals surface area contributed by atoms with Crippen molar-refractivity contribution < 1.29 is 8.42 Å². The van der Waals surface area contributed by atoms with Crippen LogP contribution in [0.3, 0.4) is 0 Å². The van der Waals surface area contributed by atoms with Crippen molar-refractivity contribution >= 4 is 15.7 Å². The van der Waals surface area contributed by atoms with Crippen LogP contribution in [0.2, 0.25) is 0 Å². The van der Waals surface area contributed by atoms with Gasteiger partial charge in [0.25, 0.3) is 0 Å².